The first-order chi connectivity index (χ1) is 16.2. The van der Waals surface area contributed by atoms with E-state index in [1.165, 1.54) is 0 Å². The summed E-state index contributed by atoms with van der Waals surface area (Å²) in [5.41, 5.74) is 3.40. The third-order valence-electron chi connectivity index (χ3n) is 6.80. The van der Waals surface area contributed by atoms with Crippen molar-refractivity contribution in [3.63, 3.8) is 0 Å². The number of carbonyl (C=O) groups is 3. The largest absolute Gasteiger partial charge is 0.480 e. The number of alkyl carbamates (subject to hydrolysis) is 1. The Morgan fingerprint density at radius 1 is 1.00 bits per heavy atom. The smallest absolute Gasteiger partial charge is 0.408 e. The van der Waals surface area contributed by atoms with Crippen LogP contribution in [0, 0.1) is 0 Å². The van der Waals surface area contributed by atoms with Crippen molar-refractivity contribution in [1.82, 2.24) is 15.1 Å². The van der Waals surface area contributed by atoms with Gasteiger partial charge in [0.25, 0.3) is 0 Å². The van der Waals surface area contributed by atoms with Crippen molar-refractivity contribution in [1.29, 1.82) is 0 Å². The molecular weight excluding hydrogens is 434 g/mol. The summed E-state index contributed by atoms with van der Waals surface area (Å²) in [6.45, 7) is 6.89. The van der Waals surface area contributed by atoms with Crippen LogP contribution in [0.3, 0.4) is 0 Å². The van der Waals surface area contributed by atoms with Crippen LogP contribution in [0.2, 0.25) is 0 Å². The van der Waals surface area contributed by atoms with E-state index in [1.54, 1.807) is 25.7 Å². The van der Waals surface area contributed by atoms with Crippen molar-refractivity contribution in [3.8, 4) is 11.1 Å². The number of nitrogens with zero attached hydrogens (tertiary/aromatic N) is 2. The molecule has 1 aliphatic heterocycles. The highest BCUT2D eigenvalue weighted by atomic mass is 16.5. The molecule has 1 aliphatic carbocycles. The Labute approximate surface area is 199 Å². The SMILES string of the molecule is CC(C(=O)O)N1CCN(C(=O)C(C)(C)NC(=O)OCC2c3ccccc3-c3ccccc32)CC1. The molecule has 2 amide bonds. The summed E-state index contributed by atoms with van der Waals surface area (Å²) in [5.74, 6) is -1.15. The number of ether oxygens (including phenoxy) is 1. The van der Waals surface area contributed by atoms with Crippen molar-refractivity contribution >= 4 is 18.0 Å². The van der Waals surface area contributed by atoms with Gasteiger partial charge in [-0.1, -0.05) is 48.5 Å². The Morgan fingerprint density at radius 2 is 1.53 bits per heavy atom. The van der Waals surface area contributed by atoms with Crippen LogP contribution in [0.25, 0.3) is 11.1 Å². The lowest BCUT2D eigenvalue weighted by Gasteiger charge is -2.39. The van der Waals surface area contributed by atoms with Gasteiger partial charge in [-0.25, -0.2) is 4.79 Å². The van der Waals surface area contributed by atoms with Crippen molar-refractivity contribution in [2.45, 2.75) is 38.3 Å². The van der Waals surface area contributed by atoms with Gasteiger partial charge in [0.15, 0.2) is 0 Å². The highest BCUT2D eigenvalue weighted by Crippen LogP contribution is 2.44. The van der Waals surface area contributed by atoms with E-state index < -0.39 is 23.6 Å². The number of carboxylic acids is 1. The van der Waals surface area contributed by atoms with Crippen molar-refractivity contribution < 1.29 is 24.2 Å². The summed E-state index contributed by atoms with van der Waals surface area (Å²) < 4.78 is 5.59. The number of fused-ring (bicyclic) bond motifs is 3. The van der Waals surface area contributed by atoms with Gasteiger partial charge in [0.2, 0.25) is 5.91 Å². The van der Waals surface area contributed by atoms with Gasteiger partial charge in [0, 0.05) is 32.1 Å². The summed E-state index contributed by atoms with van der Waals surface area (Å²) in [6.07, 6.45) is -0.640. The van der Waals surface area contributed by atoms with Crippen molar-refractivity contribution in [2.75, 3.05) is 32.8 Å². The summed E-state index contributed by atoms with van der Waals surface area (Å²) >= 11 is 0. The Hall–Kier alpha value is -3.39. The first-order valence-electron chi connectivity index (χ1n) is 11.6. The molecule has 2 aromatic rings. The first-order valence-corrected chi connectivity index (χ1v) is 11.6. The minimum Gasteiger partial charge on any atom is -0.480 e. The molecule has 2 aliphatic rings. The van der Waals surface area contributed by atoms with E-state index in [0.717, 1.165) is 22.3 Å². The minimum absolute atomic E-state index is 0.0544. The van der Waals surface area contributed by atoms with Gasteiger partial charge in [-0.05, 0) is 43.0 Å². The topological polar surface area (TPSA) is 99.2 Å². The number of amides is 2. The lowest BCUT2D eigenvalue weighted by molar-refractivity contribution is -0.145. The molecule has 1 saturated heterocycles. The standard InChI is InChI=1S/C26H31N3O5/c1-17(23(30)31)28-12-14-29(15-13-28)24(32)26(2,3)27-25(33)34-16-22-20-10-6-4-8-18(20)19-9-5-7-11-21(19)22/h4-11,17,22H,12-16H2,1-3H3,(H,27,33)(H,30,31). The van der Waals surface area contributed by atoms with Gasteiger partial charge < -0.3 is 20.1 Å². The zero-order valence-electron chi connectivity index (χ0n) is 19.8. The molecule has 8 nitrogen and oxygen atoms in total. The second-order valence-corrected chi connectivity index (χ2v) is 9.42. The van der Waals surface area contributed by atoms with Gasteiger partial charge >= 0.3 is 12.1 Å². The van der Waals surface area contributed by atoms with Crippen LogP contribution in [0.15, 0.2) is 48.5 Å². The van der Waals surface area contributed by atoms with E-state index >= 15 is 0 Å². The third-order valence-corrected chi connectivity index (χ3v) is 6.80. The lowest BCUT2D eigenvalue weighted by atomic mass is 9.98. The maximum atomic E-state index is 13.1. The summed E-state index contributed by atoms with van der Waals surface area (Å²) in [5, 5.41) is 11.9. The van der Waals surface area contributed by atoms with Gasteiger partial charge in [-0.2, -0.15) is 0 Å². The molecule has 0 spiro atoms. The number of nitrogens with one attached hydrogen (secondary N) is 1. The van der Waals surface area contributed by atoms with E-state index in [1.807, 2.05) is 29.2 Å². The molecule has 2 N–H and O–H groups in total. The molecular formula is C26H31N3O5. The fraction of sp³-hybridized carbons (Fsp3) is 0.423. The molecule has 4 rings (SSSR count). The Bertz CT molecular complexity index is 1050. The van der Waals surface area contributed by atoms with Crippen LogP contribution in [0.1, 0.15) is 37.8 Å². The number of carbonyl (C=O) groups excluding carboxylic acids is 2. The molecule has 1 heterocycles. The highest BCUT2D eigenvalue weighted by Gasteiger charge is 2.37. The number of rotatable bonds is 6. The van der Waals surface area contributed by atoms with E-state index in [2.05, 4.69) is 29.6 Å². The molecule has 1 atom stereocenters. The van der Waals surface area contributed by atoms with E-state index in [-0.39, 0.29) is 18.4 Å². The van der Waals surface area contributed by atoms with Crippen LogP contribution < -0.4 is 5.32 Å². The van der Waals surface area contributed by atoms with Crippen LogP contribution in [0.4, 0.5) is 4.79 Å². The molecule has 0 bridgehead atoms. The maximum Gasteiger partial charge on any atom is 0.408 e. The molecule has 34 heavy (non-hydrogen) atoms. The molecule has 1 unspecified atom stereocenters. The minimum atomic E-state index is -1.15. The maximum absolute atomic E-state index is 13.1. The average molecular weight is 466 g/mol. The quantitative estimate of drug-likeness (QED) is 0.681. The number of carboxylic acid groups (broad SMARTS) is 1. The van der Waals surface area contributed by atoms with Gasteiger partial charge in [-0.3, -0.25) is 14.5 Å². The van der Waals surface area contributed by atoms with E-state index in [0.29, 0.717) is 26.2 Å². The molecule has 2 aromatic carbocycles. The Kier molecular flexibility index (Phi) is 6.61. The summed E-state index contributed by atoms with van der Waals surface area (Å²) in [7, 11) is 0. The zero-order valence-corrected chi connectivity index (χ0v) is 19.8. The lowest BCUT2D eigenvalue weighted by Crippen LogP contribution is -2.60. The Balaban J connectivity index is 1.34. The van der Waals surface area contributed by atoms with Crippen LogP contribution in [0.5, 0.6) is 0 Å². The van der Waals surface area contributed by atoms with Crippen molar-refractivity contribution in [3.05, 3.63) is 59.7 Å². The number of hydrogen-bond donors (Lipinski definition) is 2. The van der Waals surface area contributed by atoms with Crippen molar-refractivity contribution in [2.24, 2.45) is 0 Å². The highest BCUT2D eigenvalue weighted by molar-refractivity contribution is 5.89. The third kappa shape index (κ3) is 4.63. The van der Waals surface area contributed by atoms with Gasteiger partial charge in [-0.15, -0.1) is 0 Å². The van der Waals surface area contributed by atoms with E-state index in [4.69, 9.17) is 4.74 Å². The van der Waals surface area contributed by atoms with Gasteiger partial charge in [0.1, 0.15) is 18.2 Å². The number of hydrogen-bond acceptors (Lipinski definition) is 5. The average Bonchev–Trinajstić information content (AvgIpc) is 3.15. The first kappa shape index (κ1) is 23.8. The Morgan fingerprint density at radius 3 is 2.06 bits per heavy atom. The monoisotopic (exact) mass is 465 g/mol. The number of piperazine rings is 1. The molecule has 0 radical (unpaired) electrons. The fourth-order valence-corrected chi connectivity index (χ4v) is 4.81. The fourth-order valence-electron chi connectivity index (χ4n) is 4.81. The number of benzene rings is 2. The molecule has 1 fully saturated rings. The molecule has 0 aromatic heterocycles. The molecule has 0 saturated carbocycles. The van der Waals surface area contributed by atoms with Crippen LogP contribution >= 0.6 is 0 Å². The molecule has 180 valence electrons. The summed E-state index contributed by atoms with van der Waals surface area (Å²) in [6, 6.07) is 15.6. The predicted octanol–water partition coefficient (Wildman–Crippen LogP) is 2.92. The van der Waals surface area contributed by atoms with E-state index in [9.17, 15) is 19.5 Å². The van der Waals surface area contributed by atoms with Crippen LogP contribution in [-0.2, 0) is 14.3 Å². The second-order valence-electron chi connectivity index (χ2n) is 9.42. The number of aliphatic carboxylic acids is 1. The summed E-state index contributed by atoms with van der Waals surface area (Å²) in [4.78, 5) is 40.4. The second kappa shape index (κ2) is 9.46. The molecule has 8 heteroatoms. The predicted molar refractivity (Wildman–Crippen MR) is 128 cm³/mol. The normalized spacial score (nSPS) is 17.0. The zero-order chi connectivity index (χ0) is 24.5. The van der Waals surface area contributed by atoms with Gasteiger partial charge in [0.05, 0.1) is 0 Å². The van der Waals surface area contributed by atoms with Crippen LogP contribution in [-0.4, -0.2) is 77.2 Å².